The molecule has 2 bridgehead atoms. The number of fused-ring (bicyclic) bond motifs is 5. The molecule has 0 unspecified atom stereocenters. The number of pyridine rings is 1. The van der Waals surface area contributed by atoms with Crippen LogP contribution in [0.15, 0.2) is 77.7 Å². The molecular weight excluding hydrogens is 479 g/mol. The standard InChI is InChI=1S/C25H20F3N3O5/c26-25(27,28)36-19-10-6-9-17-20(16-7-2-1-3-8-16)31-15-29(12-4-5-14-35-23(17)19)24(34)21-22(33)18(32)11-13-30(21)31/h1-11,13,20,33H,12,14-15H2/b5-4-/t20-/m1/s1. The van der Waals surface area contributed by atoms with Crippen molar-refractivity contribution in [1.29, 1.82) is 0 Å². The van der Waals surface area contributed by atoms with Gasteiger partial charge < -0.3 is 19.5 Å². The molecule has 0 fully saturated rings. The van der Waals surface area contributed by atoms with Gasteiger partial charge in [0.25, 0.3) is 5.91 Å². The van der Waals surface area contributed by atoms with Crippen molar-refractivity contribution in [2.24, 2.45) is 0 Å². The van der Waals surface area contributed by atoms with Crippen molar-refractivity contribution < 1.29 is 32.5 Å². The second-order valence-corrected chi connectivity index (χ2v) is 8.15. The van der Waals surface area contributed by atoms with Gasteiger partial charge in [0, 0.05) is 24.4 Å². The minimum Gasteiger partial charge on any atom is -0.502 e. The average molecular weight is 499 g/mol. The normalized spacial score (nSPS) is 18.4. The number of halogens is 3. The molecule has 3 aromatic rings. The predicted octanol–water partition coefficient (Wildman–Crippen LogP) is 3.54. The Kier molecular flexibility index (Phi) is 5.83. The maximum absolute atomic E-state index is 13.2. The first kappa shape index (κ1) is 23.3. The molecule has 0 spiro atoms. The highest BCUT2D eigenvalue weighted by Crippen LogP contribution is 2.42. The number of amides is 1. The molecule has 0 radical (unpaired) electrons. The van der Waals surface area contributed by atoms with Crippen molar-refractivity contribution in [2.45, 2.75) is 12.4 Å². The molecule has 36 heavy (non-hydrogen) atoms. The van der Waals surface area contributed by atoms with Crippen molar-refractivity contribution in [3.05, 3.63) is 100.0 Å². The van der Waals surface area contributed by atoms with Crippen LogP contribution in [-0.2, 0) is 0 Å². The van der Waals surface area contributed by atoms with Crippen LogP contribution in [0, 0.1) is 0 Å². The third-order valence-corrected chi connectivity index (χ3v) is 5.90. The molecule has 0 aliphatic carbocycles. The highest BCUT2D eigenvalue weighted by molar-refractivity contribution is 5.96. The van der Waals surface area contributed by atoms with Crippen molar-refractivity contribution in [2.75, 3.05) is 24.8 Å². The number of hydrogen-bond donors (Lipinski definition) is 1. The summed E-state index contributed by atoms with van der Waals surface area (Å²) in [5.74, 6) is -1.91. The van der Waals surface area contributed by atoms with E-state index in [4.69, 9.17) is 4.74 Å². The third kappa shape index (κ3) is 4.23. The summed E-state index contributed by atoms with van der Waals surface area (Å²) in [5.41, 5.74) is 0.0263. The topological polar surface area (TPSA) is 84.2 Å². The first-order valence-corrected chi connectivity index (χ1v) is 11.0. The van der Waals surface area contributed by atoms with Crippen molar-refractivity contribution in [1.82, 2.24) is 9.58 Å². The predicted molar refractivity (Wildman–Crippen MR) is 123 cm³/mol. The van der Waals surface area contributed by atoms with Crippen LogP contribution in [0.25, 0.3) is 0 Å². The van der Waals surface area contributed by atoms with Gasteiger partial charge >= 0.3 is 6.36 Å². The van der Waals surface area contributed by atoms with E-state index in [1.165, 1.54) is 27.9 Å². The molecule has 1 atom stereocenters. The van der Waals surface area contributed by atoms with Gasteiger partial charge in [-0.25, -0.2) is 0 Å². The van der Waals surface area contributed by atoms with Crippen LogP contribution in [0.3, 0.4) is 0 Å². The van der Waals surface area contributed by atoms with Gasteiger partial charge in [-0.1, -0.05) is 48.5 Å². The van der Waals surface area contributed by atoms with Crippen LogP contribution < -0.4 is 19.9 Å². The SMILES string of the molecule is O=C1c2c(O)c(=O)ccn2N2CN1C/C=C\COc1c(OC(F)(F)F)cccc1[C@H]2c1ccccc1. The Hall–Kier alpha value is -4.41. The number of para-hydroxylation sites is 1. The first-order chi connectivity index (χ1) is 17.2. The summed E-state index contributed by atoms with van der Waals surface area (Å²) in [7, 11) is 0. The van der Waals surface area contributed by atoms with Crippen LogP contribution in [0.1, 0.15) is 27.7 Å². The summed E-state index contributed by atoms with van der Waals surface area (Å²) in [5, 5.41) is 12.2. The fourth-order valence-electron chi connectivity index (χ4n) is 4.39. The van der Waals surface area contributed by atoms with Gasteiger partial charge in [0.05, 0.1) is 0 Å². The lowest BCUT2D eigenvalue weighted by Gasteiger charge is -2.43. The number of aromatic nitrogens is 1. The number of alkyl halides is 3. The van der Waals surface area contributed by atoms with Gasteiger partial charge in [0.1, 0.15) is 19.3 Å². The molecule has 2 aliphatic rings. The van der Waals surface area contributed by atoms with Crippen LogP contribution >= 0.6 is 0 Å². The number of hydrogen-bond acceptors (Lipinski definition) is 6. The maximum Gasteiger partial charge on any atom is 0.573 e. The molecule has 1 aromatic heterocycles. The Labute approximate surface area is 203 Å². The Morgan fingerprint density at radius 1 is 1.00 bits per heavy atom. The summed E-state index contributed by atoms with van der Waals surface area (Å²) >= 11 is 0. The summed E-state index contributed by atoms with van der Waals surface area (Å²) < 4.78 is 51.2. The smallest absolute Gasteiger partial charge is 0.502 e. The van der Waals surface area contributed by atoms with E-state index in [0.29, 0.717) is 11.1 Å². The molecule has 2 aliphatic heterocycles. The Bertz CT molecular complexity index is 1390. The van der Waals surface area contributed by atoms with Crippen LogP contribution in [0.2, 0.25) is 0 Å². The van der Waals surface area contributed by atoms with E-state index in [1.54, 1.807) is 53.6 Å². The molecule has 1 amide bonds. The first-order valence-electron chi connectivity index (χ1n) is 11.0. The number of benzene rings is 2. The Balaban J connectivity index is 1.80. The number of ether oxygens (including phenoxy) is 2. The molecule has 0 saturated heterocycles. The number of carbonyl (C=O) groups is 1. The number of rotatable bonds is 2. The minimum atomic E-state index is -4.95. The maximum atomic E-state index is 13.2. The lowest BCUT2D eigenvalue weighted by atomic mass is 9.96. The number of aromatic hydroxyl groups is 1. The fourth-order valence-corrected chi connectivity index (χ4v) is 4.39. The second kappa shape index (κ2) is 8.99. The molecular formula is C25H20F3N3O5. The van der Waals surface area contributed by atoms with Gasteiger partial charge in [-0.2, -0.15) is 0 Å². The Morgan fingerprint density at radius 2 is 1.78 bits per heavy atom. The van der Waals surface area contributed by atoms with E-state index in [9.17, 15) is 27.9 Å². The summed E-state index contributed by atoms with van der Waals surface area (Å²) in [6, 6.07) is 13.4. The van der Waals surface area contributed by atoms with E-state index in [-0.39, 0.29) is 31.3 Å². The Morgan fingerprint density at radius 3 is 2.53 bits per heavy atom. The highest BCUT2D eigenvalue weighted by atomic mass is 19.4. The largest absolute Gasteiger partial charge is 0.573 e. The van der Waals surface area contributed by atoms with Gasteiger partial charge in [-0.05, 0) is 17.7 Å². The minimum absolute atomic E-state index is 0.00183. The lowest BCUT2D eigenvalue weighted by molar-refractivity contribution is -0.275. The molecule has 3 heterocycles. The van der Waals surface area contributed by atoms with E-state index in [2.05, 4.69) is 4.74 Å². The van der Waals surface area contributed by atoms with E-state index in [1.807, 2.05) is 0 Å². The molecule has 11 heteroatoms. The van der Waals surface area contributed by atoms with E-state index < -0.39 is 35.2 Å². The zero-order valence-corrected chi connectivity index (χ0v) is 18.7. The quantitative estimate of drug-likeness (QED) is 0.543. The summed E-state index contributed by atoms with van der Waals surface area (Å²) in [6.07, 6.45) is -0.399. The third-order valence-electron chi connectivity index (χ3n) is 5.90. The highest BCUT2D eigenvalue weighted by Gasteiger charge is 2.39. The van der Waals surface area contributed by atoms with Gasteiger partial charge in [0.2, 0.25) is 5.43 Å². The number of carbonyl (C=O) groups excluding carboxylic acids is 1. The summed E-state index contributed by atoms with van der Waals surface area (Å²) in [6.45, 7) is 0.0393. The fraction of sp³-hybridized carbons (Fsp3) is 0.200. The lowest BCUT2D eigenvalue weighted by Crippen LogP contribution is -2.55. The van der Waals surface area contributed by atoms with Crippen LogP contribution in [0.5, 0.6) is 17.2 Å². The second-order valence-electron chi connectivity index (χ2n) is 8.15. The molecule has 186 valence electrons. The molecule has 2 aromatic carbocycles. The van der Waals surface area contributed by atoms with Crippen LogP contribution in [-0.4, -0.2) is 46.8 Å². The average Bonchev–Trinajstić information content (AvgIpc) is 2.87. The van der Waals surface area contributed by atoms with Gasteiger partial charge in [-0.15, -0.1) is 13.2 Å². The zero-order chi connectivity index (χ0) is 25.4. The number of nitrogens with zero attached hydrogens (tertiary/aromatic N) is 3. The van der Waals surface area contributed by atoms with Crippen molar-refractivity contribution in [3.8, 4) is 17.2 Å². The van der Waals surface area contributed by atoms with Crippen molar-refractivity contribution in [3.63, 3.8) is 0 Å². The molecule has 5 rings (SSSR count). The molecule has 8 nitrogen and oxygen atoms in total. The van der Waals surface area contributed by atoms with Crippen LogP contribution in [0.4, 0.5) is 13.2 Å². The van der Waals surface area contributed by atoms with Gasteiger partial charge in [0.15, 0.2) is 22.9 Å². The van der Waals surface area contributed by atoms with Crippen molar-refractivity contribution >= 4 is 5.91 Å². The molecule has 1 N–H and O–H groups in total. The monoisotopic (exact) mass is 499 g/mol. The molecule has 0 saturated carbocycles. The zero-order valence-electron chi connectivity index (χ0n) is 18.7. The van der Waals surface area contributed by atoms with E-state index in [0.717, 1.165) is 6.07 Å². The van der Waals surface area contributed by atoms with E-state index >= 15 is 0 Å². The van der Waals surface area contributed by atoms with Gasteiger partial charge in [-0.3, -0.25) is 19.3 Å². The summed E-state index contributed by atoms with van der Waals surface area (Å²) in [4.78, 5) is 26.8.